The van der Waals surface area contributed by atoms with E-state index in [0.29, 0.717) is 17.9 Å². The molecule has 106 valence electrons. The molecule has 0 atom stereocenters. The van der Waals surface area contributed by atoms with Crippen molar-refractivity contribution < 1.29 is 4.79 Å². The maximum atomic E-state index is 12.0. The smallest absolute Gasteiger partial charge is 0.251 e. The summed E-state index contributed by atoms with van der Waals surface area (Å²) < 4.78 is 0. The number of unbranched alkanes of at least 4 members (excludes halogenated alkanes) is 2. The van der Waals surface area contributed by atoms with Crippen molar-refractivity contribution >= 4 is 11.7 Å². The van der Waals surface area contributed by atoms with E-state index in [1.54, 1.807) is 18.3 Å². The van der Waals surface area contributed by atoms with Crippen LogP contribution in [0.1, 0.15) is 56.8 Å². The normalized spacial score (nSPS) is 11.3. The molecule has 1 amide bonds. The number of aromatic nitrogens is 1. The Morgan fingerprint density at radius 1 is 1.42 bits per heavy atom. The number of nitrogens with one attached hydrogen (secondary N) is 1. The first kappa shape index (κ1) is 15.5. The molecule has 0 aromatic carbocycles. The number of carbonyl (C=O) groups is 1. The van der Waals surface area contributed by atoms with E-state index in [1.807, 2.05) is 0 Å². The van der Waals surface area contributed by atoms with Crippen LogP contribution in [0.25, 0.3) is 0 Å². The van der Waals surface area contributed by atoms with Crippen molar-refractivity contribution in [2.75, 3.05) is 12.3 Å². The highest BCUT2D eigenvalue weighted by Gasteiger charge is 2.18. The van der Waals surface area contributed by atoms with Gasteiger partial charge in [0.2, 0.25) is 0 Å². The minimum atomic E-state index is -0.0855. The Labute approximate surface area is 115 Å². The molecule has 0 saturated heterocycles. The molecule has 0 bridgehead atoms. The van der Waals surface area contributed by atoms with Crippen molar-refractivity contribution in [2.45, 2.75) is 46.5 Å². The highest BCUT2D eigenvalue weighted by Crippen LogP contribution is 2.22. The van der Waals surface area contributed by atoms with Crippen molar-refractivity contribution in [3.8, 4) is 0 Å². The Balaban J connectivity index is 2.45. The molecule has 0 radical (unpaired) electrons. The van der Waals surface area contributed by atoms with E-state index in [0.717, 1.165) is 6.42 Å². The molecule has 1 aromatic rings. The number of rotatable bonds is 7. The fourth-order valence-corrected chi connectivity index (χ4v) is 1.95. The van der Waals surface area contributed by atoms with Crippen LogP contribution >= 0.6 is 0 Å². The standard InChI is InChI=1S/C15H25N3O/c1-4-5-6-8-15(2,3)11-18-14(19)12-7-9-17-13(16)10-12/h7,9-10H,4-6,8,11H2,1-3H3,(H2,16,17)(H,18,19). The van der Waals surface area contributed by atoms with Crippen LogP contribution in [0.5, 0.6) is 0 Å². The Bertz CT molecular complexity index is 416. The molecule has 0 aliphatic carbocycles. The molecule has 1 heterocycles. The summed E-state index contributed by atoms with van der Waals surface area (Å²) in [4.78, 5) is 15.9. The molecule has 1 rings (SSSR count). The average molecular weight is 263 g/mol. The molecular formula is C15H25N3O. The lowest BCUT2D eigenvalue weighted by Crippen LogP contribution is -2.34. The first-order valence-corrected chi connectivity index (χ1v) is 6.94. The van der Waals surface area contributed by atoms with Crippen LogP contribution in [0.4, 0.5) is 5.82 Å². The van der Waals surface area contributed by atoms with Gasteiger partial charge in [-0.1, -0.05) is 40.0 Å². The van der Waals surface area contributed by atoms with Crippen LogP contribution in [0.3, 0.4) is 0 Å². The quantitative estimate of drug-likeness (QED) is 0.743. The molecule has 4 nitrogen and oxygen atoms in total. The summed E-state index contributed by atoms with van der Waals surface area (Å²) in [5.41, 5.74) is 6.26. The number of pyridine rings is 1. The Morgan fingerprint density at radius 2 is 2.16 bits per heavy atom. The van der Waals surface area contributed by atoms with Crippen LogP contribution in [-0.4, -0.2) is 17.4 Å². The van der Waals surface area contributed by atoms with Crippen LogP contribution in [0.2, 0.25) is 0 Å². The van der Waals surface area contributed by atoms with Gasteiger partial charge >= 0.3 is 0 Å². The maximum Gasteiger partial charge on any atom is 0.251 e. The van der Waals surface area contributed by atoms with Crippen LogP contribution < -0.4 is 11.1 Å². The summed E-state index contributed by atoms with van der Waals surface area (Å²) in [5.74, 6) is 0.285. The maximum absolute atomic E-state index is 12.0. The average Bonchev–Trinajstić information content (AvgIpc) is 2.36. The predicted molar refractivity (Wildman–Crippen MR) is 78.9 cm³/mol. The number of hydrogen-bond acceptors (Lipinski definition) is 3. The second-order valence-electron chi connectivity index (χ2n) is 5.77. The van der Waals surface area contributed by atoms with Gasteiger partial charge in [-0.05, 0) is 24.0 Å². The minimum absolute atomic E-state index is 0.0855. The second-order valence-corrected chi connectivity index (χ2v) is 5.77. The van der Waals surface area contributed by atoms with Gasteiger partial charge in [0, 0.05) is 18.3 Å². The van der Waals surface area contributed by atoms with Crippen LogP contribution in [-0.2, 0) is 0 Å². The molecular weight excluding hydrogens is 238 g/mol. The number of hydrogen-bond donors (Lipinski definition) is 2. The summed E-state index contributed by atoms with van der Waals surface area (Å²) in [5, 5.41) is 2.97. The lowest BCUT2D eigenvalue weighted by Gasteiger charge is -2.25. The lowest BCUT2D eigenvalue weighted by molar-refractivity contribution is 0.0934. The van der Waals surface area contributed by atoms with Gasteiger partial charge < -0.3 is 11.1 Å². The zero-order chi connectivity index (χ0) is 14.3. The zero-order valence-corrected chi connectivity index (χ0v) is 12.2. The molecule has 19 heavy (non-hydrogen) atoms. The van der Waals surface area contributed by atoms with Gasteiger partial charge in [-0.15, -0.1) is 0 Å². The van der Waals surface area contributed by atoms with Crippen molar-refractivity contribution in [3.05, 3.63) is 23.9 Å². The van der Waals surface area contributed by atoms with E-state index in [9.17, 15) is 4.79 Å². The van der Waals surface area contributed by atoms with E-state index >= 15 is 0 Å². The van der Waals surface area contributed by atoms with Crippen molar-refractivity contribution in [2.24, 2.45) is 5.41 Å². The summed E-state index contributed by atoms with van der Waals surface area (Å²) in [6.07, 6.45) is 6.36. The van der Waals surface area contributed by atoms with Crippen LogP contribution in [0, 0.1) is 5.41 Å². The third-order valence-corrected chi connectivity index (χ3v) is 3.23. The molecule has 0 aliphatic rings. The molecule has 0 aliphatic heterocycles. The van der Waals surface area contributed by atoms with Crippen molar-refractivity contribution in [3.63, 3.8) is 0 Å². The lowest BCUT2D eigenvalue weighted by atomic mass is 9.87. The zero-order valence-electron chi connectivity index (χ0n) is 12.2. The number of nitrogens with two attached hydrogens (primary N) is 1. The van der Waals surface area contributed by atoms with Gasteiger partial charge in [0.25, 0.3) is 5.91 Å². The van der Waals surface area contributed by atoms with Gasteiger partial charge in [0.1, 0.15) is 5.82 Å². The number of carbonyl (C=O) groups excluding carboxylic acids is 1. The van der Waals surface area contributed by atoms with E-state index < -0.39 is 0 Å². The third kappa shape index (κ3) is 5.73. The summed E-state index contributed by atoms with van der Waals surface area (Å²) in [6.45, 7) is 7.24. The number of amides is 1. The molecule has 0 unspecified atom stereocenters. The Hall–Kier alpha value is -1.58. The highest BCUT2D eigenvalue weighted by atomic mass is 16.1. The predicted octanol–water partition coefficient (Wildman–Crippen LogP) is 3.00. The van der Waals surface area contributed by atoms with Gasteiger partial charge in [-0.25, -0.2) is 4.98 Å². The van der Waals surface area contributed by atoms with Crippen molar-refractivity contribution in [1.29, 1.82) is 0 Å². The topological polar surface area (TPSA) is 68.0 Å². The molecule has 0 saturated carbocycles. The second kappa shape index (κ2) is 7.12. The number of anilines is 1. The SMILES string of the molecule is CCCCCC(C)(C)CNC(=O)c1ccnc(N)c1. The first-order valence-electron chi connectivity index (χ1n) is 6.94. The summed E-state index contributed by atoms with van der Waals surface area (Å²) >= 11 is 0. The first-order chi connectivity index (χ1) is 8.94. The molecule has 0 fully saturated rings. The van der Waals surface area contributed by atoms with E-state index in [4.69, 9.17) is 5.73 Å². The Kier molecular flexibility index (Phi) is 5.80. The van der Waals surface area contributed by atoms with Gasteiger partial charge in [-0.3, -0.25) is 4.79 Å². The largest absolute Gasteiger partial charge is 0.384 e. The minimum Gasteiger partial charge on any atom is -0.384 e. The van der Waals surface area contributed by atoms with E-state index in [2.05, 4.69) is 31.1 Å². The molecule has 0 spiro atoms. The van der Waals surface area contributed by atoms with Crippen molar-refractivity contribution in [1.82, 2.24) is 10.3 Å². The monoisotopic (exact) mass is 263 g/mol. The molecule has 1 aromatic heterocycles. The number of nitrogens with zero attached hydrogens (tertiary/aromatic N) is 1. The van der Waals surface area contributed by atoms with Gasteiger partial charge in [0.05, 0.1) is 0 Å². The van der Waals surface area contributed by atoms with Gasteiger partial charge in [-0.2, -0.15) is 0 Å². The third-order valence-electron chi connectivity index (χ3n) is 3.23. The fourth-order valence-electron chi connectivity index (χ4n) is 1.95. The van der Waals surface area contributed by atoms with Crippen LogP contribution in [0.15, 0.2) is 18.3 Å². The molecule has 4 heteroatoms. The Morgan fingerprint density at radius 3 is 2.79 bits per heavy atom. The fraction of sp³-hybridized carbons (Fsp3) is 0.600. The van der Waals surface area contributed by atoms with Gasteiger partial charge in [0.15, 0.2) is 0 Å². The highest BCUT2D eigenvalue weighted by molar-refractivity contribution is 5.94. The molecule has 3 N–H and O–H groups in total. The summed E-state index contributed by atoms with van der Waals surface area (Å²) in [7, 11) is 0. The number of nitrogen functional groups attached to an aromatic ring is 1. The summed E-state index contributed by atoms with van der Waals surface area (Å²) in [6, 6.07) is 3.27. The van der Waals surface area contributed by atoms with E-state index in [1.165, 1.54) is 19.3 Å². The van der Waals surface area contributed by atoms with E-state index in [-0.39, 0.29) is 11.3 Å².